The summed E-state index contributed by atoms with van der Waals surface area (Å²) in [5.74, 6) is 0. The first-order valence-electron chi connectivity index (χ1n) is 3.05. The van der Waals surface area contributed by atoms with Crippen LogP contribution in [-0.4, -0.2) is 55.1 Å². The second kappa shape index (κ2) is 4.91. The van der Waals surface area contributed by atoms with Crippen LogP contribution in [0.25, 0.3) is 0 Å². The van der Waals surface area contributed by atoms with Gasteiger partial charge in [-0.25, -0.2) is 0 Å². The van der Waals surface area contributed by atoms with Gasteiger partial charge in [0.1, 0.15) is 6.04 Å². The van der Waals surface area contributed by atoms with Crippen LogP contribution in [-0.2, 0) is 0 Å². The second-order valence-corrected chi connectivity index (χ2v) is 3.14. The molecule has 0 rings (SSSR count). The van der Waals surface area contributed by atoms with Gasteiger partial charge in [0.2, 0.25) is 0 Å². The highest BCUT2D eigenvalue weighted by atomic mass is 35.5. The van der Waals surface area contributed by atoms with Crippen LogP contribution in [0.3, 0.4) is 0 Å². The monoisotopic (exact) mass is 169 g/mol. The molecule has 0 aromatic carbocycles. The third kappa shape index (κ3) is 4.06. The van der Waals surface area contributed by atoms with E-state index in [4.69, 9.17) is 10.2 Å². The first-order valence-corrected chi connectivity index (χ1v) is 3.05. The summed E-state index contributed by atoms with van der Waals surface area (Å²) in [6.07, 6.45) is 0. The molecule has 0 aromatic rings. The zero-order valence-electron chi connectivity index (χ0n) is 6.71. The van der Waals surface area contributed by atoms with Crippen LogP contribution in [0.4, 0.5) is 0 Å². The van der Waals surface area contributed by atoms with Crippen LogP contribution in [0.5, 0.6) is 0 Å². The van der Waals surface area contributed by atoms with Gasteiger partial charge in [-0.05, 0) is 0 Å². The van der Waals surface area contributed by atoms with Crippen LogP contribution in [0.2, 0.25) is 0 Å². The molecule has 0 aromatic heterocycles. The molecule has 0 saturated heterocycles. The van der Waals surface area contributed by atoms with Crippen molar-refractivity contribution in [3.8, 4) is 0 Å². The Hall–Kier alpha value is 0.170. The highest BCUT2D eigenvalue weighted by molar-refractivity contribution is 4.50. The zero-order chi connectivity index (χ0) is 7.49. The van der Waals surface area contributed by atoms with Crippen LogP contribution in [0, 0.1) is 0 Å². The van der Waals surface area contributed by atoms with Crippen LogP contribution < -0.4 is 12.4 Å². The minimum atomic E-state index is -0.0509. The van der Waals surface area contributed by atoms with E-state index in [2.05, 4.69) is 0 Å². The van der Waals surface area contributed by atoms with Gasteiger partial charge < -0.3 is 27.1 Å². The predicted octanol–water partition coefficient (Wildman–Crippen LogP) is -3.95. The molecule has 64 valence electrons. The molecule has 4 heteroatoms. The van der Waals surface area contributed by atoms with Crippen molar-refractivity contribution in [2.24, 2.45) is 0 Å². The van der Waals surface area contributed by atoms with E-state index in [9.17, 15) is 0 Å². The number of aliphatic hydroxyl groups excluding tert-OH is 2. The normalized spacial score (nSPS) is 11.4. The Morgan fingerprint density at radius 1 is 1.10 bits per heavy atom. The molecule has 0 aliphatic heterocycles. The minimum absolute atomic E-state index is 0. The molecule has 0 heterocycles. The van der Waals surface area contributed by atoms with Gasteiger partial charge in [0.15, 0.2) is 0 Å². The number of hydrogen-bond donors (Lipinski definition) is 2. The van der Waals surface area contributed by atoms with Gasteiger partial charge in [0.05, 0.1) is 34.4 Å². The van der Waals surface area contributed by atoms with Crippen molar-refractivity contribution in [2.45, 2.75) is 6.04 Å². The summed E-state index contributed by atoms with van der Waals surface area (Å²) in [5.41, 5.74) is 0. The van der Waals surface area contributed by atoms with Crippen LogP contribution in [0.1, 0.15) is 0 Å². The fourth-order valence-corrected chi connectivity index (χ4v) is 0.548. The van der Waals surface area contributed by atoms with E-state index in [0.717, 1.165) is 0 Å². The van der Waals surface area contributed by atoms with E-state index < -0.39 is 0 Å². The maximum absolute atomic E-state index is 8.69. The minimum Gasteiger partial charge on any atom is -1.00 e. The first-order chi connectivity index (χ1) is 4.02. The van der Waals surface area contributed by atoms with Crippen molar-refractivity contribution < 1.29 is 27.1 Å². The highest BCUT2D eigenvalue weighted by Gasteiger charge is 2.20. The molecule has 0 amide bonds. The Kier molecular flexibility index (Phi) is 6.29. The van der Waals surface area contributed by atoms with E-state index >= 15 is 0 Å². The highest BCUT2D eigenvalue weighted by Crippen LogP contribution is 1.99. The zero-order valence-corrected chi connectivity index (χ0v) is 7.47. The molecular formula is C6H16ClNO2. The lowest BCUT2D eigenvalue weighted by atomic mass is 10.3. The molecule has 0 aliphatic rings. The van der Waals surface area contributed by atoms with Gasteiger partial charge in [-0.2, -0.15) is 0 Å². The summed E-state index contributed by atoms with van der Waals surface area (Å²) in [7, 11) is 5.82. The summed E-state index contributed by atoms with van der Waals surface area (Å²) >= 11 is 0. The average molecular weight is 170 g/mol. The van der Waals surface area contributed by atoms with Crippen molar-refractivity contribution in [3.05, 3.63) is 0 Å². The molecule has 0 unspecified atom stereocenters. The molecule has 0 fully saturated rings. The lowest BCUT2D eigenvalue weighted by Crippen LogP contribution is -3.00. The van der Waals surface area contributed by atoms with E-state index in [1.165, 1.54) is 0 Å². The molecular weight excluding hydrogens is 154 g/mol. The lowest BCUT2D eigenvalue weighted by Gasteiger charge is -2.31. The second-order valence-electron chi connectivity index (χ2n) is 3.14. The third-order valence-electron chi connectivity index (χ3n) is 1.52. The molecule has 0 radical (unpaired) electrons. The van der Waals surface area contributed by atoms with E-state index in [1.54, 1.807) is 0 Å². The molecule has 10 heavy (non-hydrogen) atoms. The molecule has 2 N–H and O–H groups in total. The van der Waals surface area contributed by atoms with Crippen LogP contribution in [0.15, 0.2) is 0 Å². The van der Waals surface area contributed by atoms with Gasteiger partial charge in [0, 0.05) is 0 Å². The fourth-order valence-electron chi connectivity index (χ4n) is 0.548. The summed E-state index contributed by atoms with van der Waals surface area (Å²) < 4.78 is 0.604. The van der Waals surface area contributed by atoms with Crippen molar-refractivity contribution >= 4 is 0 Å². The number of aliphatic hydroxyl groups is 2. The molecule has 0 bridgehead atoms. The van der Waals surface area contributed by atoms with Crippen molar-refractivity contribution in [3.63, 3.8) is 0 Å². The molecule has 0 aliphatic carbocycles. The Morgan fingerprint density at radius 2 is 1.40 bits per heavy atom. The van der Waals surface area contributed by atoms with Crippen molar-refractivity contribution in [2.75, 3.05) is 34.4 Å². The standard InChI is InChI=1S/C6H16NO2.ClH/c1-7(2,3)6(4-8)5-9;/h6,8-9H,4-5H2,1-3H3;1H/q+1;/p-1. The molecule has 3 nitrogen and oxygen atoms in total. The Bertz CT molecular complexity index is 78.3. The fraction of sp³-hybridized carbons (Fsp3) is 1.00. The van der Waals surface area contributed by atoms with Gasteiger partial charge in [-0.1, -0.05) is 0 Å². The Morgan fingerprint density at radius 3 is 1.40 bits per heavy atom. The topological polar surface area (TPSA) is 40.5 Å². The number of likely N-dealkylation sites (N-methyl/N-ethyl adjacent to an activating group) is 1. The summed E-state index contributed by atoms with van der Waals surface area (Å²) in [4.78, 5) is 0. The number of nitrogens with zero attached hydrogens (tertiary/aromatic N) is 1. The SMILES string of the molecule is C[N+](C)(C)C(CO)CO.[Cl-]. The Labute approximate surface area is 68.3 Å². The number of quaternary nitrogens is 1. The third-order valence-corrected chi connectivity index (χ3v) is 1.52. The molecule has 0 spiro atoms. The van der Waals surface area contributed by atoms with Gasteiger partial charge in [-0.3, -0.25) is 0 Å². The maximum Gasteiger partial charge on any atom is 0.135 e. The Balaban J connectivity index is 0. The van der Waals surface area contributed by atoms with Crippen molar-refractivity contribution in [1.82, 2.24) is 0 Å². The van der Waals surface area contributed by atoms with Gasteiger partial charge in [-0.15, -0.1) is 0 Å². The van der Waals surface area contributed by atoms with E-state index in [-0.39, 0.29) is 31.7 Å². The number of halogens is 1. The van der Waals surface area contributed by atoms with Gasteiger partial charge in [0.25, 0.3) is 0 Å². The maximum atomic E-state index is 8.69. The predicted molar refractivity (Wildman–Crippen MR) is 36.0 cm³/mol. The van der Waals surface area contributed by atoms with Crippen molar-refractivity contribution in [1.29, 1.82) is 0 Å². The lowest BCUT2D eigenvalue weighted by molar-refractivity contribution is -0.897. The van der Waals surface area contributed by atoms with Gasteiger partial charge >= 0.3 is 0 Å². The molecule has 0 atom stereocenters. The number of hydrogen-bond acceptors (Lipinski definition) is 2. The number of rotatable bonds is 3. The summed E-state index contributed by atoms with van der Waals surface area (Å²) in [6, 6.07) is -0.0509. The van der Waals surface area contributed by atoms with Crippen LogP contribution >= 0.6 is 0 Å². The molecule has 0 saturated carbocycles. The van der Waals surface area contributed by atoms with E-state index in [0.29, 0.717) is 4.48 Å². The summed E-state index contributed by atoms with van der Waals surface area (Å²) in [6.45, 7) is 0.0833. The van der Waals surface area contributed by atoms with E-state index in [1.807, 2.05) is 21.1 Å². The summed E-state index contributed by atoms with van der Waals surface area (Å²) in [5, 5.41) is 17.4. The quantitative estimate of drug-likeness (QED) is 0.424. The average Bonchev–Trinajstić information content (AvgIpc) is 1.65. The first kappa shape index (κ1) is 12.8. The smallest absolute Gasteiger partial charge is 0.135 e. The largest absolute Gasteiger partial charge is 1.00 e.